The summed E-state index contributed by atoms with van der Waals surface area (Å²) in [5.41, 5.74) is 0. The van der Waals surface area contributed by atoms with E-state index < -0.39 is 20.0 Å². The van der Waals surface area contributed by atoms with Crippen molar-refractivity contribution in [1.29, 1.82) is 0 Å². The van der Waals surface area contributed by atoms with Crippen LogP contribution >= 0.6 is 0 Å². The van der Waals surface area contributed by atoms with Gasteiger partial charge in [0, 0.05) is 6.54 Å². The molecular formula is C14H22N2O4S2. The van der Waals surface area contributed by atoms with Gasteiger partial charge in [-0.25, -0.2) is 26.7 Å². The molecule has 2 rings (SSSR count). The Kier molecular flexibility index (Phi) is 5.60. The molecule has 22 heavy (non-hydrogen) atoms. The fourth-order valence-electron chi connectivity index (χ4n) is 2.80. The Balaban J connectivity index is 1.95. The zero-order valence-electron chi connectivity index (χ0n) is 12.4. The third-order valence-electron chi connectivity index (χ3n) is 4.00. The first-order valence-electron chi connectivity index (χ1n) is 7.41. The molecule has 3 N–H and O–H groups in total. The highest BCUT2D eigenvalue weighted by Crippen LogP contribution is 2.28. The first kappa shape index (κ1) is 17.4. The summed E-state index contributed by atoms with van der Waals surface area (Å²) in [6.07, 6.45) is 6.85. The van der Waals surface area contributed by atoms with Crippen LogP contribution in [0, 0.1) is 5.92 Å². The van der Waals surface area contributed by atoms with Gasteiger partial charge >= 0.3 is 0 Å². The van der Waals surface area contributed by atoms with Crippen molar-refractivity contribution in [2.75, 3.05) is 6.54 Å². The number of nitrogens with two attached hydrogens (primary N) is 1. The zero-order chi connectivity index (χ0) is 16.2. The lowest BCUT2D eigenvalue weighted by atomic mass is 10.0. The Hall–Kier alpha value is -0.960. The average Bonchev–Trinajstić information content (AvgIpc) is 2.96. The van der Waals surface area contributed by atoms with E-state index >= 15 is 0 Å². The molecule has 0 radical (unpaired) electrons. The Morgan fingerprint density at radius 2 is 1.73 bits per heavy atom. The maximum absolute atomic E-state index is 12.2. The topological polar surface area (TPSA) is 106 Å². The number of benzene rings is 1. The molecule has 0 aromatic heterocycles. The molecule has 8 heteroatoms. The normalized spacial score (nSPS) is 17.0. The molecule has 0 heterocycles. The molecule has 0 unspecified atom stereocenters. The molecule has 0 amide bonds. The predicted molar refractivity (Wildman–Crippen MR) is 84.2 cm³/mol. The maximum atomic E-state index is 12.2. The van der Waals surface area contributed by atoms with Crippen LogP contribution in [0.25, 0.3) is 0 Å². The number of rotatable bonds is 7. The maximum Gasteiger partial charge on any atom is 0.240 e. The lowest BCUT2D eigenvalue weighted by Crippen LogP contribution is -2.25. The van der Waals surface area contributed by atoms with Gasteiger partial charge in [0.15, 0.2) is 0 Å². The molecule has 0 atom stereocenters. The molecule has 0 spiro atoms. The SMILES string of the molecule is NS(=O)(=O)c1cccc(S(=O)(=O)NCCCC2CCCC2)c1. The van der Waals surface area contributed by atoms with Crippen LogP contribution in [0.15, 0.2) is 34.1 Å². The van der Waals surface area contributed by atoms with Gasteiger partial charge in [0.05, 0.1) is 9.79 Å². The van der Waals surface area contributed by atoms with Crippen molar-refractivity contribution >= 4 is 20.0 Å². The van der Waals surface area contributed by atoms with Crippen LogP contribution in [0.1, 0.15) is 38.5 Å². The van der Waals surface area contributed by atoms with Gasteiger partial charge in [0.1, 0.15) is 0 Å². The quantitative estimate of drug-likeness (QED) is 0.731. The van der Waals surface area contributed by atoms with Crippen LogP contribution in [0.2, 0.25) is 0 Å². The molecule has 0 aliphatic heterocycles. The van der Waals surface area contributed by atoms with Gasteiger partial charge in [-0.05, 0) is 37.0 Å². The van der Waals surface area contributed by atoms with Crippen LogP contribution < -0.4 is 9.86 Å². The third-order valence-corrected chi connectivity index (χ3v) is 6.37. The van der Waals surface area contributed by atoms with Crippen molar-refractivity contribution in [1.82, 2.24) is 4.72 Å². The van der Waals surface area contributed by atoms with Crippen molar-refractivity contribution in [2.24, 2.45) is 11.1 Å². The molecule has 0 saturated heterocycles. The Morgan fingerprint density at radius 1 is 1.09 bits per heavy atom. The van der Waals surface area contributed by atoms with Gasteiger partial charge in [-0.15, -0.1) is 0 Å². The first-order chi connectivity index (χ1) is 10.3. The number of hydrogen-bond acceptors (Lipinski definition) is 4. The van der Waals surface area contributed by atoms with Gasteiger partial charge in [0.25, 0.3) is 0 Å². The van der Waals surface area contributed by atoms with Gasteiger partial charge in [-0.2, -0.15) is 0 Å². The van der Waals surface area contributed by atoms with Crippen molar-refractivity contribution in [3.63, 3.8) is 0 Å². The second kappa shape index (κ2) is 7.08. The fraction of sp³-hybridized carbons (Fsp3) is 0.571. The Labute approximate surface area is 132 Å². The Bertz CT molecular complexity index is 708. The van der Waals surface area contributed by atoms with Gasteiger partial charge < -0.3 is 0 Å². The fourth-order valence-corrected chi connectivity index (χ4v) is 4.55. The van der Waals surface area contributed by atoms with Crippen LogP contribution in [-0.2, 0) is 20.0 Å². The van der Waals surface area contributed by atoms with E-state index in [-0.39, 0.29) is 9.79 Å². The second-order valence-electron chi connectivity index (χ2n) is 5.71. The van der Waals surface area contributed by atoms with E-state index in [1.807, 2.05) is 0 Å². The van der Waals surface area contributed by atoms with Crippen LogP contribution in [0.4, 0.5) is 0 Å². The minimum Gasteiger partial charge on any atom is -0.225 e. The van der Waals surface area contributed by atoms with Gasteiger partial charge in [-0.3, -0.25) is 0 Å². The lowest BCUT2D eigenvalue weighted by molar-refractivity contribution is 0.480. The molecule has 1 aromatic carbocycles. The summed E-state index contributed by atoms with van der Waals surface area (Å²) in [7, 11) is -7.62. The average molecular weight is 346 g/mol. The van der Waals surface area contributed by atoms with E-state index in [0.29, 0.717) is 6.54 Å². The molecule has 1 saturated carbocycles. The molecule has 124 valence electrons. The summed E-state index contributed by atoms with van der Waals surface area (Å²) >= 11 is 0. The number of sulfonamides is 2. The number of nitrogens with one attached hydrogen (secondary N) is 1. The summed E-state index contributed by atoms with van der Waals surface area (Å²) in [5.74, 6) is 0.718. The molecule has 1 aromatic rings. The highest BCUT2D eigenvalue weighted by molar-refractivity contribution is 7.90. The van der Waals surface area contributed by atoms with Crippen LogP contribution in [0.3, 0.4) is 0 Å². The standard InChI is InChI=1S/C14H22N2O4S2/c15-21(17,18)13-8-3-9-14(11-13)22(19,20)16-10-4-7-12-5-1-2-6-12/h3,8-9,11-12,16H,1-2,4-7,10H2,(H2,15,17,18). The van der Waals surface area contributed by atoms with Crippen molar-refractivity contribution < 1.29 is 16.8 Å². The van der Waals surface area contributed by atoms with Gasteiger partial charge in [-0.1, -0.05) is 31.7 Å². The number of hydrogen-bond donors (Lipinski definition) is 2. The molecule has 0 bridgehead atoms. The zero-order valence-corrected chi connectivity index (χ0v) is 14.0. The highest BCUT2D eigenvalue weighted by atomic mass is 32.2. The van der Waals surface area contributed by atoms with E-state index in [9.17, 15) is 16.8 Å². The summed E-state index contributed by atoms with van der Waals surface area (Å²) in [5, 5.41) is 5.02. The summed E-state index contributed by atoms with van der Waals surface area (Å²) < 4.78 is 49.4. The van der Waals surface area contributed by atoms with Crippen molar-refractivity contribution in [3.8, 4) is 0 Å². The summed E-state index contributed by atoms with van der Waals surface area (Å²) in [6.45, 7) is 0.360. The summed E-state index contributed by atoms with van der Waals surface area (Å²) in [6, 6.07) is 5.07. The van der Waals surface area contributed by atoms with Gasteiger partial charge in [0.2, 0.25) is 20.0 Å². The molecular weight excluding hydrogens is 324 g/mol. The number of primary sulfonamides is 1. The second-order valence-corrected chi connectivity index (χ2v) is 9.04. The largest absolute Gasteiger partial charge is 0.240 e. The van der Waals surface area contributed by atoms with E-state index in [4.69, 9.17) is 5.14 Å². The lowest BCUT2D eigenvalue weighted by Gasteiger charge is -2.10. The molecule has 1 fully saturated rings. The molecule has 6 nitrogen and oxygen atoms in total. The molecule has 1 aliphatic carbocycles. The van der Waals surface area contributed by atoms with Crippen molar-refractivity contribution in [3.05, 3.63) is 24.3 Å². The minimum absolute atomic E-state index is 0.0834. The monoisotopic (exact) mass is 346 g/mol. The highest BCUT2D eigenvalue weighted by Gasteiger charge is 2.18. The van der Waals surface area contributed by atoms with Crippen LogP contribution in [0.5, 0.6) is 0 Å². The van der Waals surface area contributed by atoms with Crippen LogP contribution in [-0.4, -0.2) is 23.4 Å². The smallest absolute Gasteiger partial charge is 0.225 e. The molecule has 1 aliphatic rings. The Morgan fingerprint density at radius 3 is 2.36 bits per heavy atom. The van der Waals surface area contributed by atoms with E-state index in [2.05, 4.69) is 4.72 Å². The van der Waals surface area contributed by atoms with E-state index in [0.717, 1.165) is 24.8 Å². The third kappa shape index (κ3) is 4.77. The van der Waals surface area contributed by atoms with E-state index in [1.54, 1.807) is 0 Å². The summed E-state index contributed by atoms with van der Waals surface area (Å²) in [4.78, 5) is -0.291. The first-order valence-corrected chi connectivity index (χ1v) is 10.4. The van der Waals surface area contributed by atoms with E-state index in [1.165, 1.54) is 43.9 Å². The van der Waals surface area contributed by atoms with Crippen molar-refractivity contribution in [2.45, 2.75) is 48.3 Å². The minimum atomic E-state index is -3.91. The predicted octanol–water partition coefficient (Wildman–Crippen LogP) is 1.58.